The van der Waals surface area contributed by atoms with Crippen molar-refractivity contribution >= 4 is 40.2 Å². The lowest BCUT2D eigenvalue weighted by molar-refractivity contribution is -0.135. The molecule has 3 aromatic rings. The van der Waals surface area contributed by atoms with Crippen molar-refractivity contribution in [2.75, 3.05) is 13.7 Å². The number of Topliss-reactive ketones (excluding diaryl/α,β-unsaturated/α-hetero) is 1. The number of carbonyl (C=O) groups is 3. The number of hydrogen-bond acceptors (Lipinski definition) is 5. The molecule has 0 bridgehead atoms. The molecule has 0 saturated heterocycles. The van der Waals surface area contributed by atoms with Crippen molar-refractivity contribution in [3.63, 3.8) is 0 Å². The van der Waals surface area contributed by atoms with Crippen LogP contribution < -0.4 is 10.1 Å². The van der Waals surface area contributed by atoms with E-state index in [4.69, 9.17) is 21.1 Å². The number of fused-ring (bicyclic) bond motifs is 1. The number of halogens is 1. The highest BCUT2D eigenvalue weighted by molar-refractivity contribution is 6.45. The van der Waals surface area contributed by atoms with Gasteiger partial charge in [-0.3, -0.25) is 9.59 Å². The topological polar surface area (TPSA) is 86.6 Å². The molecular weight excluding hydrogens is 420 g/mol. The number of ether oxygens (including phenoxy) is 2. The van der Waals surface area contributed by atoms with Gasteiger partial charge in [-0.05, 0) is 42.8 Å². The Hall–Kier alpha value is -3.58. The van der Waals surface area contributed by atoms with E-state index >= 15 is 0 Å². The number of cyclic esters (lactones) is 1. The van der Waals surface area contributed by atoms with E-state index in [1.807, 2.05) is 22.8 Å². The predicted molar refractivity (Wildman–Crippen MR) is 115 cm³/mol. The fourth-order valence-electron chi connectivity index (χ4n) is 3.61. The van der Waals surface area contributed by atoms with Crippen molar-refractivity contribution in [2.45, 2.75) is 13.5 Å². The molecule has 0 unspecified atom stereocenters. The summed E-state index contributed by atoms with van der Waals surface area (Å²) in [6.07, 6.45) is 1.16. The minimum Gasteiger partial charge on any atom is -0.497 e. The third-order valence-electron chi connectivity index (χ3n) is 5.15. The van der Waals surface area contributed by atoms with Gasteiger partial charge in [0, 0.05) is 34.2 Å². The predicted octanol–water partition coefficient (Wildman–Crippen LogP) is 3.40. The van der Waals surface area contributed by atoms with Crippen LogP contribution >= 0.6 is 11.6 Å². The van der Waals surface area contributed by atoms with Gasteiger partial charge in [-0.1, -0.05) is 23.7 Å². The summed E-state index contributed by atoms with van der Waals surface area (Å²) in [6.45, 7) is 2.22. The average Bonchev–Trinajstić information content (AvgIpc) is 3.29. The second kappa shape index (κ2) is 8.28. The lowest BCUT2D eigenvalue weighted by atomic mass is 10.1. The number of rotatable bonds is 6. The highest BCUT2D eigenvalue weighted by Crippen LogP contribution is 2.31. The minimum absolute atomic E-state index is 0.0665. The number of hydrogen-bond donors (Lipinski definition) is 1. The Morgan fingerprint density at radius 1 is 1.19 bits per heavy atom. The third kappa shape index (κ3) is 4.04. The van der Waals surface area contributed by atoms with Gasteiger partial charge >= 0.3 is 5.97 Å². The Morgan fingerprint density at radius 3 is 2.58 bits per heavy atom. The van der Waals surface area contributed by atoms with Gasteiger partial charge in [0.05, 0.1) is 18.4 Å². The van der Waals surface area contributed by atoms with Crippen molar-refractivity contribution in [3.8, 4) is 5.75 Å². The van der Waals surface area contributed by atoms with E-state index < -0.39 is 17.7 Å². The Bertz CT molecular complexity index is 1240. The number of amides is 1. The highest BCUT2D eigenvalue weighted by Gasteiger charge is 2.27. The highest BCUT2D eigenvalue weighted by atomic mass is 35.5. The number of aromatic nitrogens is 1. The quantitative estimate of drug-likeness (QED) is 0.362. The van der Waals surface area contributed by atoms with Gasteiger partial charge in [0.1, 0.15) is 12.4 Å². The summed E-state index contributed by atoms with van der Waals surface area (Å²) < 4.78 is 12.1. The van der Waals surface area contributed by atoms with Gasteiger partial charge in [0.2, 0.25) is 0 Å². The number of carbonyl (C=O) groups excluding carboxylic acids is 3. The first kappa shape index (κ1) is 20.7. The molecule has 0 fully saturated rings. The number of esters is 1. The fraction of sp³-hybridized carbons (Fsp3) is 0.174. The average molecular weight is 439 g/mol. The molecule has 1 aliphatic heterocycles. The minimum atomic E-state index is -0.832. The van der Waals surface area contributed by atoms with E-state index in [1.165, 1.54) is 7.11 Å². The van der Waals surface area contributed by atoms with E-state index in [1.54, 1.807) is 31.2 Å². The second-order valence-electron chi connectivity index (χ2n) is 7.12. The van der Waals surface area contributed by atoms with E-state index in [-0.39, 0.29) is 17.9 Å². The summed E-state index contributed by atoms with van der Waals surface area (Å²) in [7, 11) is 1.54. The number of benzene rings is 2. The van der Waals surface area contributed by atoms with Crippen LogP contribution in [0.25, 0.3) is 10.9 Å². The van der Waals surface area contributed by atoms with Gasteiger partial charge in [-0.25, -0.2) is 4.79 Å². The lowest BCUT2D eigenvalue weighted by Gasteiger charge is -2.09. The molecule has 0 radical (unpaired) electrons. The molecule has 158 valence electrons. The van der Waals surface area contributed by atoms with Crippen LogP contribution in [0.3, 0.4) is 0 Å². The van der Waals surface area contributed by atoms with Crippen molar-refractivity contribution in [3.05, 3.63) is 76.1 Å². The maximum Gasteiger partial charge on any atom is 0.333 e. The first-order chi connectivity index (χ1) is 14.9. The number of nitrogens with one attached hydrogen (secondary N) is 1. The third-order valence-corrected chi connectivity index (χ3v) is 5.41. The Kier molecular flexibility index (Phi) is 5.52. The largest absolute Gasteiger partial charge is 0.497 e. The molecule has 0 aliphatic carbocycles. The van der Waals surface area contributed by atoms with E-state index in [0.29, 0.717) is 28.4 Å². The van der Waals surface area contributed by atoms with E-state index in [2.05, 4.69) is 5.32 Å². The van der Waals surface area contributed by atoms with Crippen LogP contribution in [0.2, 0.25) is 5.02 Å². The summed E-state index contributed by atoms with van der Waals surface area (Å²) in [6, 6.07) is 12.8. The first-order valence-electron chi connectivity index (χ1n) is 9.51. The van der Waals surface area contributed by atoms with E-state index in [0.717, 1.165) is 17.2 Å². The molecule has 31 heavy (non-hydrogen) atoms. The molecule has 8 heteroatoms. The standard InChI is InChI=1S/C23H19ClN2O5/c1-13-21(22(28)23(29)25-16-9-20(27)31-12-16)18-10-17(30-2)7-8-19(18)26(13)11-14-3-5-15(24)6-4-14/h3-10H,11-12H2,1-2H3,(H,25,29). The molecule has 0 spiro atoms. The van der Waals surface area contributed by atoms with Crippen molar-refractivity contribution in [1.82, 2.24) is 9.88 Å². The Labute approximate surface area is 183 Å². The van der Waals surface area contributed by atoms with Crippen LogP contribution in [-0.2, 0) is 20.9 Å². The van der Waals surface area contributed by atoms with Gasteiger partial charge in [-0.15, -0.1) is 0 Å². The summed E-state index contributed by atoms with van der Waals surface area (Å²) in [5, 5.41) is 3.71. The van der Waals surface area contributed by atoms with Crippen molar-refractivity contribution in [1.29, 1.82) is 0 Å². The normalized spacial score (nSPS) is 13.1. The van der Waals surface area contributed by atoms with Crippen LogP contribution in [-0.4, -0.2) is 35.9 Å². The zero-order valence-corrected chi connectivity index (χ0v) is 17.7. The zero-order valence-electron chi connectivity index (χ0n) is 16.9. The molecule has 0 atom stereocenters. The molecule has 4 rings (SSSR count). The van der Waals surface area contributed by atoms with E-state index in [9.17, 15) is 14.4 Å². The molecule has 2 heterocycles. The SMILES string of the molecule is COc1ccc2c(c1)c(C(=O)C(=O)NC1=CC(=O)OC1)c(C)n2Cc1ccc(Cl)cc1. The van der Waals surface area contributed by atoms with Crippen molar-refractivity contribution in [2.24, 2.45) is 0 Å². The second-order valence-corrected chi connectivity index (χ2v) is 7.55. The van der Waals surface area contributed by atoms with Crippen LogP contribution in [0.5, 0.6) is 5.75 Å². The van der Waals surface area contributed by atoms with Crippen LogP contribution in [0.1, 0.15) is 21.6 Å². The molecule has 0 saturated carbocycles. The van der Waals surface area contributed by atoms with Crippen LogP contribution in [0.15, 0.2) is 54.2 Å². The van der Waals surface area contributed by atoms with Gasteiger partial charge in [-0.2, -0.15) is 0 Å². The van der Waals surface area contributed by atoms with Gasteiger partial charge < -0.3 is 19.4 Å². The number of nitrogens with zero attached hydrogens (tertiary/aromatic N) is 1. The Morgan fingerprint density at radius 2 is 1.94 bits per heavy atom. The smallest absolute Gasteiger partial charge is 0.333 e. The summed E-state index contributed by atoms with van der Waals surface area (Å²) >= 11 is 5.99. The molecule has 1 aromatic heterocycles. The Balaban J connectivity index is 1.76. The maximum atomic E-state index is 13.1. The monoisotopic (exact) mass is 438 g/mol. The molecule has 2 aromatic carbocycles. The molecule has 1 aliphatic rings. The fourth-order valence-corrected chi connectivity index (χ4v) is 3.74. The summed E-state index contributed by atoms with van der Waals surface area (Å²) in [4.78, 5) is 37.0. The molecular formula is C23H19ClN2O5. The lowest BCUT2D eigenvalue weighted by Crippen LogP contribution is -2.31. The maximum absolute atomic E-state index is 13.1. The summed E-state index contributed by atoms with van der Waals surface area (Å²) in [5.41, 5.74) is 2.97. The van der Waals surface area contributed by atoms with Gasteiger partial charge in [0.25, 0.3) is 11.7 Å². The first-order valence-corrected chi connectivity index (χ1v) is 9.89. The van der Waals surface area contributed by atoms with Gasteiger partial charge in [0.15, 0.2) is 0 Å². The van der Waals surface area contributed by atoms with Crippen LogP contribution in [0, 0.1) is 6.92 Å². The van der Waals surface area contributed by atoms with Crippen LogP contribution in [0.4, 0.5) is 0 Å². The number of ketones is 1. The zero-order chi connectivity index (χ0) is 22.1. The molecule has 1 amide bonds. The van der Waals surface area contributed by atoms with Crippen molar-refractivity contribution < 1.29 is 23.9 Å². The molecule has 7 nitrogen and oxygen atoms in total. The number of methoxy groups -OCH3 is 1. The molecule has 1 N–H and O–H groups in total. The summed E-state index contributed by atoms with van der Waals surface area (Å²) in [5.74, 6) is -1.52.